The molecule has 0 unspecified atom stereocenters. The molecule has 2 N–H and O–H groups in total. The minimum atomic E-state index is -1.50. The van der Waals surface area contributed by atoms with Crippen LogP contribution in [-0.4, -0.2) is 17.6 Å². The molecule has 0 atom stereocenters. The minimum absolute atomic E-state index is 0.106. The number of hydrogen-bond donors (Lipinski definition) is 2. The molecule has 0 aliphatic carbocycles. The molecule has 0 fully saturated rings. The molecule has 0 aromatic heterocycles. The zero-order valence-corrected chi connectivity index (χ0v) is 8.47. The zero-order chi connectivity index (χ0) is 12.1. The van der Waals surface area contributed by atoms with E-state index in [1.54, 1.807) is 6.92 Å². The van der Waals surface area contributed by atoms with E-state index in [9.17, 15) is 13.6 Å². The standard InChI is InChI=1S/C11H9F2NO2/c1-2-3-6-14-8-5-4-7(11(15)16)9(12)10(8)13/h4-5,14H,6H2,1H3,(H,15,16). The number of carboxylic acids is 1. The van der Waals surface area contributed by atoms with E-state index < -0.39 is 23.2 Å². The molecule has 0 saturated carbocycles. The Morgan fingerprint density at radius 2 is 2.12 bits per heavy atom. The molecule has 5 heteroatoms. The normalized spacial score (nSPS) is 9.19. The first-order valence-corrected chi connectivity index (χ1v) is 4.42. The maximum absolute atomic E-state index is 13.3. The van der Waals surface area contributed by atoms with Crippen molar-refractivity contribution in [2.24, 2.45) is 0 Å². The smallest absolute Gasteiger partial charge is 0.338 e. The highest BCUT2D eigenvalue weighted by Gasteiger charge is 2.17. The van der Waals surface area contributed by atoms with Gasteiger partial charge in [0.1, 0.15) is 0 Å². The molecule has 0 amide bonds. The van der Waals surface area contributed by atoms with Gasteiger partial charge in [-0.05, 0) is 19.1 Å². The van der Waals surface area contributed by atoms with E-state index in [1.807, 2.05) is 0 Å². The van der Waals surface area contributed by atoms with Crippen molar-refractivity contribution >= 4 is 11.7 Å². The van der Waals surface area contributed by atoms with Crippen molar-refractivity contribution in [1.82, 2.24) is 0 Å². The second-order valence-electron chi connectivity index (χ2n) is 2.87. The van der Waals surface area contributed by atoms with Gasteiger partial charge in [0.2, 0.25) is 0 Å². The van der Waals surface area contributed by atoms with Gasteiger partial charge < -0.3 is 10.4 Å². The molecular weight excluding hydrogens is 216 g/mol. The maximum Gasteiger partial charge on any atom is 0.338 e. The number of carbonyl (C=O) groups is 1. The predicted molar refractivity (Wildman–Crippen MR) is 55.3 cm³/mol. The van der Waals surface area contributed by atoms with Crippen molar-refractivity contribution in [3.05, 3.63) is 29.3 Å². The summed E-state index contributed by atoms with van der Waals surface area (Å²) in [4.78, 5) is 10.5. The number of carboxylic acid groups (broad SMARTS) is 1. The van der Waals surface area contributed by atoms with Crippen LogP contribution in [0, 0.1) is 23.5 Å². The first-order valence-electron chi connectivity index (χ1n) is 4.42. The highest BCUT2D eigenvalue weighted by molar-refractivity contribution is 5.88. The van der Waals surface area contributed by atoms with E-state index in [0.29, 0.717) is 0 Å². The molecule has 16 heavy (non-hydrogen) atoms. The van der Waals surface area contributed by atoms with Gasteiger partial charge in [-0.25, -0.2) is 13.6 Å². The van der Waals surface area contributed by atoms with E-state index in [2.05, 4.69) is 17.2 Å². The number of aromatic carboxylic acids is 1. The van der Waals surface area contributed by atoms with Crippen LogP contribution in [0.15, 0.2) is 12.1 Å². The van der Waals surface area contributed by atoms with Crippen molar-refractivity contribution in [3.8, 4) is 11.8 Å². The van der Waals surface area contributed by atoms with Crippen LogP contribution in [0.5, 0.6) is 0 Å². The van der Waals surface area contributed by atoms with Crippen LogP contribution < -0.4 is 5.32 Å². The number of anilines is 1. The Morgan fingerprint density at radius 3 is 2.69 bits per heavy atom. The van der Waals surface area contributed by atoms with Gasteiger partial charge in [0.15, 0.2) is 11.6 Å². The third kappa shape index (κ3) is 2.48. The van der Waals surface area contributed by atoms with E-state index in [0.717, 1.165) is 6.07 Å². The van der Waals surface area contributed by atoms with Crippen molar-refractivity contribution in [2.75, 3.05) is 11.9 Å². The second kappa shape index (κ2) is 5.12. The van der Waals surface area contributed by atoms with E-state index in [-0.39, 0.29) is 12.2 Å². The molecular formula is C11H9F2NO2. The Morgan fingerprint density at radius 1 is 1.44 bits per heavy atom. The Balaban J connectivity index is 3.00. The van der Waals surface area contributed by atoms with Crippen LogP contribution in [-0.2, 0) is 0 Å². The summed E-state index contributed by atoms with van der Waals surface area (Å²) in [6.07, 6.45) is 0. The fourth-order valence-electron chi connectivity index (χ4n) is 1.08. The third-order valence-corrected chi connectivity index (χ3v) is 1.86. The fraction of sp³-hybridized carbons (Fsp3) is 0.182. The topological polar surface area (TPSA) is 49.3 Å². The highest BCUT2D eigenvalue weighted by Crippen LogP contribution is 2.20. The molecule has 0 heterocycles. The molecule has 0 aliphatic rings. The lowest BCUT2D eigenvalue weighted by atomic mass is 10.2. The molecule has 0 saturated heterocycles. The quantitative estimate of drug-likeness (QED) is 0.774. The van der Waals surface area contributed by atoms with Gasteiger partial charge in [-0.15, -0.1) is 5.92 Å². The number of benzene rings is 1. The number of rotatable bonds is 3. The average Bonchev–Trinajstić information content (AvgIpc) is 2.24. The summed E-state index contributed by atoms with van der Waals surface area (Å²) < 4.78 is 26.5. The lowest BCUT2D eigenvalue weighted by Gasteiger charge is -2.06. The largest absolute Gasteiger partial charge is 0.478 e. The molecule has 1 aromatic rings. The Labute approximate surface area is 91.1 Å². The highest BCUT2D eigenvalue weighted by atomic mass is 19.2. The van der Waals surface area contributed by atoms with E-state index >= 15 is 0 Å². The van der Waals surface area contributed by atoms with Gasteiger partial charge in [-0.1, -0.05) is 5.92 Å². The van der Waals surface area contributed by atoms with Gasteiger partial charge in [-0.3, -0.25) is 0 Å². The van der Waals surface area contributed by atoms with Crippen LogP contribution in [0.1, 0.15) is 17.3 Å². The van der Waals surface area contributed by atoms with Crippen molar-refractivity contribution in [3.63, 3.8) is 0 Å². The van der Waals surface area contributed by atoms with Gasteiger partial charge in [-0.2, -0.15) is 0 Å². The monoisotopic (exact) mass is 225 g/mol. The molecule has 0 aliphatic heterocycles. The molecule has 0 spiro atoms. The first-order chi connectivity index (χ1) is 7.57. The summed E-state index contributed by atoms with van der Waals surface area (Å²) in [6.45, 7) is 1.78. The van der Waals surface area contributed by atoms with Crippen LogP contribution in [0.4, 0.5) is 14.5 Å². The Hall–Kier alpha value is -2.09. The molecule has 0 bridgehead atoms. The number of hydrogen-bond acceptors (Lipinski definition) is 2. The summed E-state index contributed by atoms with van der Waals surface area (Å²) in [5.74, 6) is 1.11. The first kappa shape index (κ1) is 12.0. The number of halogens is 2. The molecule has 1 rings (SSSR count). The maximum atomic E-state index is 13.3. The van der Waals surface area contributed by atoms with Crippen molar-refractivity contribution < 1.29 is 18.7 Å². The van der Waals surface area contributed by atoms with E-state index in [4.69, 9.17) is 5.11 Å². The van der Waals surface area contributed by atoms with Gasteiger partial charge in [0.25, 0.3) is 0 Å². The van der Waals surface area contributed by atoms with Crippen LogP contribution in [0.25, 0.3) is 0 Å². The second-order valence-corrected chi connectivity index (χ2v) is 2.87. The zero-order valence-electron chi connectivity index (χ0n) is 8.47. The van der Waals surface area contributed by atoms with Crippen LogP contribution in [0.3, 0.4) is 0 Å². The summed E-state index contributed by atoms with van der Waals surface area (Å²) in [5, 5.41) is 11.1. The SMILES string of the molecule is CC#CCNc1ccc(C(=O)O)c(F)c1F. The summed E-state index contributed by atoms with van der Waals surface area (Å²) in [7, 11) is 0. The van der Waals surface area contributed by atoms with Gasteiger partial charge in [0.05, 0.1) is 17.8 Å². The summed E-state index contributed by atoms with van der Waals surface area (Å²) >= 11 is 0. The average molecular weight is 225 g/mol. The fourth-order valence-corrected chi connectivity index (χ4v) is 1.08. The molecule has 1 aromatic carbocycles. The summed E-state index contributed by atoms with van der Waals surface area (Å²) in [5.41, 5.74) is -0.796. The summed E-state index contributed by atoms with van der Waals surface area (Å²) in [6, 6.07) is 2.17. The molecule has 3 nitrogen and oxygen atoms in total. The van der Waals surface area contributed by atoms with Crippen molar-refractivity contribution in [2.45, 2.75) is 6.92 Å². The lowest BCUT2D eigenvalue weighted by molar-refractivity contribution is 0.0690. The molecule has 0 radical (unpaired) electrons. The van der Waals surface area contributed by atoms with E-state index in [1.165, 1.54) is 6.07 Å². The number of nitrogens with one attached hydrogen (secondary N) is 1. The Kier molecular flexibility index (Phi) is 3.84. The van der Waals surface area contributed by atoms with Crippen molar-refractivity contribution in [1.29, 1.82) is 0 Å². The predicted octanol–water partition coefficient (Wildman–Crippen LogP) is 2.10. The van der Waals surface area contributed by atoms with Gasteiger partial charge >= 0.3 is 5.97 Å². The molecule has 84 valence electrons. The van der Waals surface area contributed by atoms with Crippen LogP contribution in [0.2, 0.25) is 0 Å². The van der Waals surface area contributed by atoms with Crippen LogP contribution >= 0.6 is 0 Å². The Bertz CT molecular complexity index is 475. The third-order valence-electron chi connectivity index (χ3n) is 1.86. The lowest BCUT2D eigenvalue weighted by Crippen LogP contribution is -2.07. The van der Waals surface area contributed by atoms with Gasteiger partial charge in [0, 0.05) is 0 Å². The minimum Gasteiger partial charge on any atom is -0.478 e.